The number of hydrogen-bond acceptors (Lipinski definition) is 2. The second kappa shape index (κ2) is 3.19. The molecule has 0 saturated carbocycles. The average molecular weight is 190 g/mol. The predicted octanol–water partition coefficient (Wildman–Crippen LogP) is 2.19. The van der Waals surface area contributed by atoms with Crippen LogP contribution in [0.3, 0.4) is 0 Å². The maximum atomic E-state index is 2.36. The Morgan fingerprint density at radius 2 is 1.21 bits per heavy atom. The number of aryl methyl sites for hydroxylation is 2. The van der Waals surface area contributed by atoms with Gasteiger partial charge < -0.3 is 9.80 Å². The Hall–Kier alpha value is -1.18. The summed E-state index contributed by atoms with van der Waals surface area (Å²) in [6.45, 7) is 6.61. The Labute approximate surface area is 86.1 Å². The van der Waals surface area contributed by atoms with Crippen molar-refractivity contribution in [3.05, 3.63) is 23.3 Å². The molecule has 0 radical (unpaired) electrons. The molecule has 0 N–H and O–H groups in total. The number of benzene rings is 1. The Morgan fingerprint density at radius 3 is 1.57 bits per heavy atom. The molecule has 0 aromatic heterocycles. The SMILES string of the molecule is Cc1ccc(C)c2c1N(C)CCN2C. The number of nitrogens with zero attached hydrogens (tertiary/aromatic N) is 2. The normalized spacial score (nSPS) is 15.7. The Balaban J connectivity index is 2.65. The second-order valence-corrected chi connectivity index (χ2v) is 4.24. The van der Waals surface area contributed by atoms with Crippen LogP contribution in [0, 0.1) is 13.8 Å². The van der Waals surface area contributed by atoms with Crippen molar-refractivity contribution >= 4 is 11.4 Å². The van der Waals surface area contributed by atoms with E-state index >= 15 is 0 Å². The van der Waals surface area contributed by atoms with Gasteiger partial charge in [0, 0.05) is 27.2 Å². The van der Waals surface area contributed by atoms with Gasteiger partial charge in [0.05, 0.1) is 11.4 Å². The Bertz CT molecular complexity index is 323. The molecule has 76 valence electrons. The lowest BCUT2D eigenvalue weighted by Gasteiger charge is -2.37. The van der Waals surface area contributed by atoms with Crippen molar-refractivity contribution in [2.24, 2.45) is 0 Å². The molecule has 1 aliphatic heterocycles. The van der Waals surface area contributed by atoms with Crippen LogP contribution < -0.4 is 9.80 Å². The number of hydrogen-bond donors (Lipinski definition) is 0. The lowest BCUT2D eigenvalue weighted by atomic mass is 10.0. The third kappa shape index (κ3) is 1.26. The van der Waals surface area contributed by atoms with Crippen molar-refractivity contribution in [2.75, 3.05) is 37.0 Å². The lowest BCUT2D eigenvalue weighted by molar-refractivity contribution is 0.791. The van der Waals surface area contributed by atoms with Crippen molar-refractivity contribution < 1.29 is 0 Å². The van der Waals surface area contributed by atoms with Crippen molar-refractivity contribution in [1.82, 2.24) is 0 Å². The van der Waals surface area contributed by atoms with Crippen LogP contribution in [0.5, 0.6) is 0 Å². The van der Waals surface area contributed by atoms with E-state index in [-0.39, 0.29) is 0 Å². The van der Waals surface area contributed by atoms with Gasteiger partial charge in [-0.1, -0.05) is 12.1 Å². The van der Waals surface area contributed by atoms with E-state index in [1.165, 1.54) is 22.5 Å². The minimum absolute atomic E-state index is 1.12. The van der Waals surface area contributed by atoms with Crippen LogP contribution in [0.25, 0.3) is 0 Å². The fourth-order valence-corrected chi connectivity index (χ4v) is 2.27. The first kappa shape index (κ1) is 9.38. The Morgan fingerprint density at radius 1 is 0.857 bits per heavy atom. The molecule has 1 aromatic carbocycles. The standard InChI is InChI=1S/C12H18N2/c1-9-5-6-10(2)12-11(9)13(3)7-8-14(12)4/h5-6H,7-8H2,1-4H3. The van der Waals surface area contributed by atoms with Crippen LogP contribution in [0.15, 0.2) is 12.1 Å². The van der Waals surface area contributed by atoms with Crippen LogP contribution in [0.4, 0.5) is 11.4 Å². The van der Waals surface area contributed by atoms with Gasteiger partial charge in [-0.2, -0.15) is 0 Å². The zero-order valence-corrected chi connectivity index (χ0v) is 9.46. The van der Waals surface area contributed by atoms with E-state index in [0.29, 0.717) is 0 Å². The van der Waals surface area contributed by atoms with Crippen molar-refractivity contribution in [1.29, 1.82) is 0 Å². The van der Waals surface area contributed by atoms with Gasteiger partial charge in [-0.25, -0.2) is 0 Å². The summed E-state index contributed by atoms with van der Waals surface area (Å²) in [7, 11) is 4.36. The summed E-state index contributed by atoms with van der Waals surface area (Å²) in [6, 6.07) is 4.42. The Kier molecular flexibility index (Phi) is 2.14. The highest BCUT2D eigenvalue weighted by Crippen LogP contribution is 2.36. The zero-order chi connectivity index (χ0) is 10.3. The molecule has 1 aliphatic rings. The first-order valence-electron chi connectivity index (χ1n) is 5.13. The van der Waals surface area contributed by atoms with E-state index in [2.05, 4.69) is 49.9 Å². The third-order valence-corrected chi connectivity index (χ3v) is 3.09. The van der Waals surface area contributed by atoms with E-state index in [1.54, 1.807) is 0 Å². The molecule has 1 heterocycles. The molecule has 1 aromatic rings. The van der Waals surface area contributed by atoms with Gasteiger partial charge in [0.2, 0.25) is 0 Å². The molecule has 2 nitrogen and oxygen atoms in total. The monoisotopic (exact) mass is 190 g/mol. The van der Waals surface area contributed by atoms with Crippen molar-refractivity contribution in [3.63, 3.8) is 0 Å². The second-order valence-electron chi connectivity index (χ2n) is 4.24. The quantitative estimate of drug-likeness (QED) is 0.618. The summed E-state index contributed by atoms with van der Waals surface area (Å²) in [6.07, 6.45) is 0. The lowest BCUT2D eigenvalue weighted by Crippen LogP contribution is -2.37. The summed E-state index contributed by atoms with van der Waals surface area (Å²) in [5.41, 5.74) is 5.55. The van der Waals surface area contributed by atoms with E-state index in [0.717, 1.165) is 13.1 Å². The van der Waals surface area contributed by atoms with Gasteiger partial charge >= 0.3 is 0 Å². The predicted molar refractivity (Wildman–Crippen MR) is 62.5 cm³/mol. The molecule has 2 rings (SSSR count). The molecule has 0 fully saturated rings. The topological polar surface area (TPSA) is 6.48 Å². The zero-order valence-electron chi connectivity index (χ0n) is 9.46. The van der Waals surface area contributed by atoms with E-state index in [4.69, 9.17) is 0 Å². The molecular formula is C12H18N2. The maximum absolute atomic E-state index is 2.36. The van der Waals surface area contributed by atoms with Crippen LogP contribution in [0.2, 0.25) is 0 Å². The highest BCUT2D eigenvalue weighted by atomic mass is 15.2. The van der Waals surface area contributed by atoms with Gasteiger partial charge in [-0.05, 0) is 25.0 Å². The average Bonchev–Trinajstić information content (AvgIpc) is 2.16. The fourth-order valence-electron chi connectivity index (χ4n) is 2.27. The first-order valence-corrected chi connectivity index (χ1v) is 5.13. The van der Waals surface area contributed by atoms with Crippen LogP contribution in [0.1, 0.15) is 11.1 Å². The molecule has 0 aliphatic carbocycles. The molecular weight excluding hydrogens is 172 g/mol. The van der Waals surface area contributed by atoms with Gasteiger partial charge in [0.15, 0.2) is 0 Å². The molecule has 0 atom stereocenters. The summed E-state index contributed by atoms with van der Waals surface area (Å²) in [5.74, 6) is 0. The molecule has 0 spiro atoms. The molecule has 14 heavy (non-hydrogen) atoms. The highest BCUT2D eigenvalue weighted by molar-refractivity contribution is 5.79. The van der Waals surface area contributed by atoms with Gasteiger partial charge in [-0.3, -0.25) is 0 Å². The summed E-state index contributed by atoms with van der Waals surface area (Å²) in [5, 5.41) is 0. The highest BCUT2D eigenvalue weighted by Gasteiger charge is 2.20. The smallest absolute Gasteiger partial charge is 0.0634 e. The van der Waals surface area contributed by atoms with E-state index in [1.807, 2.05) is 0 Å². The number of likely N-dealkylation sites (N-methyl/N-ethyl adjacent to an activating group) is 2. The van der Waals surface area contributed by atoms with Crippen molar-refractivity contribution in [2.45, 2.75) is 13.8 Å². The largest absolute Gasteiger partial charge is 0.371 e. The molecule has 2 heteroatoms. The minimum Gasteiger partial charge on any atom is -0.371 e. The van der Waals surface area contributed by atoms with Crippen molar-refractivity contribution in [3.8, 4) is 0 Å². The maximum Gasteiger partial charge on any atom is 0.0634 e. The molecule has 0 bridgehead atoms. The number of anilines is 2. The van der Waals surface area contributed by atoms with Gasteiger partial charge in [0.25, 0.3) is 0 Å². The van der Waals surface area contributed by atoms with Crippen LogP contribution in [-0.4, -0.2) is 27.2 Å². The van der Waals surface area contributed by atoms with Gasteiger partial charge in [-0.15, -0.1) is 0 Å². The van der Waals surface area contributed by atoms with E-state index in [9.17, 15) is 0 Å². The molecule has 0 unspecified atom stereocenters. The number of rotatable bonds is 0. The molecule has 0 saturated heterocycles. The summed E-state index contributed by atoms with van der Waals surface area (Å²) >= 11 is 0. The van der Waals surface area contributed by atoms with E-state index < -0.39 is 0 Å². The molecule has 0 amide bonds. The van der Waals surface area contributed by atoms with Crippen LogP contribution >= 0.6 is 0 Å². The summed E-state index contributed by atoms with van der Waals surface area (Å²) in [4.78, 5) is 4.72. The third-order valence-electron chi connectivity index (χ3n) is 3.09. The minimum atomic E-state index is 1.12. The fraction of sp³-hybridized carbons (Fsp3) is 0.500. The van der Waals surface area contributed by atoms with Crippen LogP contribution in [-0.2, 0) is 0 Å². The number of fused-ring (bicyclic) bond motifs is 1. The summed E-state index contributed by atoms with van der Waals surface area (Å²) < 4.78 is 0. The van der Waals surface area contributed by atoms with Gasteiger partial charge in [0.1, 0.15) is 0 Å². The first-order chi connectivity index (χ1) is 6.61.